The molecule has 0 spiro atoms. The topological polar surface area (TPSA) is 98.5 Å². The number of hydrogen-bond acceptors (Lipinski definition) is 6. The largest absolute Gasteiger partial charge is 0.464 e. The van der Waals surface area contributed by atoms with Gasteiger partial charge in [0.25, 0.3) is 11.6 Å². The molecule has 1 fully saturated rings. The minimum absolute atomic E-state index is 0.0947. The van der Waals surface area contributed by atoms with Gasteiger partial charge in [0.15, 0.2) is 0 Å². The van der Waals surface area contributed by atoms with Crippen LogP contribution in [0.3, 0.4) is 0 Å². The van der Waals surface area contributed by atoms with E-state index in [1.165, 1.54) is 23.9 Å². The highest BCUT2D eigenvalue weighted by Gasteiger charge is 2.23. The molecule has 0 atom stereocenters. The van der Waals surface area contributed by atoms with E-state index in [4.69, 9.17) is 4.74 Å². The molecule has 0 saturated heterocycles. The van der Waals surface area contributed by atoms with Crippen LogP contribution in [0.4, 0.5) is 5.69 Å². The zero-order chi connectivity index (χ0) is 19.1. The number of benzene rings is 1. The summed E-state index contributed by atoms with van der Waals surface area (Å²) in [6.07, 6.45) is 3.10. The Morgan fingerprint density at radius 2 is 2.12 bits per heavy atom. The maximum absolute atomic E-state index is 12.1. The number of esters is 1. The summed E-state index contributed by atoms with van der Waals surface area (Å²) in [5.74, 6) is 0.719. The zero-order valence-electron chi connectivity index (χ0n) is 15.0. The number of nitro groups is 1. The fraction of sp³-hybridized carbons (Fsp3) is 0.556. The first kappa shape index (κ1) is 20.2. The highest BCUT2D eigenvalue weighted by atomic mass is 32.2. The number of amides is 1. The number of nitrogens with zero attached hydrogens (tertiary/aromatic N) is 1. The molecule has 0 heterocycles. The minimum Gasteiger partial charge on any atom is -0.464 e. The summed E-state index contributed by atoms with van der Waals surface area (Å²) in [6.45, 7) is 4.34. The number of rotatable bonds is 10. The highest BCUT2D eigenvalue weighted by Crippen LogP contribution is 2.31. The van der Waals surface area contributed by atoms with Crippen LogP contribution in [0.25, 0.3) is 0 Å². The molecular weight excluding hydrogens is 356 g/mol. The van der Waals surface area contributed by atoms with Crippen LogP contribution in [0, 0.1) is 22.0 Å². The average molecular weight is 380 g/mol. The number of ether oxygens (including phenoxy) is 1. The molecule has 1 amide bonds. The third kappa shape index (κ3) is 6.67. The van der Waals surface area contributed by atoms with Gasteiger partial charge in [-0.15, -0.1) is 11.8 Å². The van der Waals surface area contributed by atoms with E-state index in [0.717, 1.165) is 25.0 Å². The van der Waals surface area contributed by atoms with Crippen LogP contribution < -0.4 is 5.32 Å². The Kier molecular flexibility index (Phi) is 7.44. The first-order chi connectivity index (χ1) is 12.4. The smallest absolute Gasteiger partial charge is 0.325 e. The van der Waals surface area contributed by atoms with Gasteiger partial charge in [0.2, 0.25) is 0 Å². The quantitative estimate of drug-likeness (QED) is 0.289. The van der Waals surface area contributed by atoms with Crippen molar-refractivity contribution in [1.29, 1.82) is 0 Å². The predicted molar refractivity (Wildman–Crippen MR) is 99.3 cm³/mol. The molecule has 1 aliphatic rings. The Morgan fingerprint density at radius 3 is 2.73 bits per heavy atom. The summed E-state index contributed by atoms with van der Waals surface area (Å²) >= 11 is 1.41. The lowest BCUT2D eigenvalue weighted by Gasteiger charge is -2.08. The standard InChI is InChI=1S/C18H24N2O5S/c1-12(2)7-8-26-16-6-5-14(9-15(16)20(23)24)18(22)19-10-17(21)25-11-13-3-4-13/h5-6,9,12-13H,3-4,7-8,10-11H2,1-2H3,(H,19,22). The highest BCUT2D eigenvalue weighted by molar-refractivity contribution is 7.99. The van der Waals surface area contributed by atoms with Crippen molar-refractivity contribution in [2.45, 2.75) is 38.0 Å². The number of nitro benzene ring substituents is 1. The second kappa shape index (κ2) is 9.56. The maximum atomic E-state index is 12.1. The Balaban J connectivity index is 1.92. The third-order valence-corrected chi connectivity index (χ3v) is 5.04. The third-order valence-electron chi connectivity index (χ3n) is 3.94. The molecule has 1 aromatic carbocycles. The number of nitrogens with one attached hydrogen (secondary N) is 1. The van der Waals surface area contributed by atoms with Crippen LogP contribution in [0.2, 0.25) is 0 Å². The summed E-state index contributed by atoms with van der Waals surface area (Å²) in [5.41, 5.74) is 0.0580. The lowest BCUT2D eigenvalue weighted by atomic mass is 10.2. The summed E-state index contributed by atoms with van der Waals surface area (Å²) < 4.78 is 5.03. The minimum atomic E-state index is -0.532. The molecule has 1 saturated carbocycles. The van der Waals surface area contributed by atoms with Crippen LogP contribution in [0.5, 0.6) is 0 Å². The van der Waals surface area contributed by atoms with Gasteiger partial charge in [0.05, 0.1) is 16.4 Å². The second-order valence-electron chi connectivity index (χ2n) is 6.78. The molecule has 0 aliphatic heterocycles. The lowest BCUT2D eigenvalue weighted by Crippen LogP contribution is -2.31. The Bertz CT molecular complexity index is 674. The fourth-order valence-corrected chi connectivity index (χ4v) is 3.38. The molecule has 0 radical (unpaired) electrons. The first-order valence-corrected chi connectivity index (χ1v) is 9.70. The number of carbonyl (C=O) groups is 2. The first-order valence-electron chi connectivity index (χ1n) is 8.72. The van der Waals surface area contributed by atoms with Crippen molar-refractivity contribution in [3.8, 4) is 0 Å². The van der Waals surface area contributed by atoms with Gasteiger partial charge in [-0.25, -0.2) is 0 Å². The Labute approximate surface area is 157 Å². The molecule has 142 valence electrons. The van der Waals surface area contributed by atoms with Gasteiger partial charge in [0.1, 0.15) is 6.54 Å². The SMILES string of the molecule is CC(C)CCSc1ccc(C(=O)NCC(=O)OCC2CC2)cc1[N+](=O)[O-]. The summed E-state index contributed by atoms with van der Waals surface area (Å²) in [7, 11) is 0. The predicted octanol–water partition coefficient (Wildman–Crippen LogP) is 3.42. The van der Waals surface area contributed by atoms with Gasteiger partial charge < -0.3 is 10.1 Å². The van der Waals surface area contributed by atoms with Crippen molar-refractivity contribution in [3.05, 3.63) is 33.9 Å². The van der Waals surface area contributed by atoms with Crippen LogP contribution in [0.1, 0.15) is 43.5 Å². The van der Waals surface area contributed by atoms with E-state index in [1.807, 2.05) is 0 Å². The van der Waals surface area contributed by atoms with Crippen molar-refractivity contribution < 1.29 is 19.2 Å². The normalized spacial score (nSPS) is 13.5. The van der Waals surface area contributed by atoms with Gasteiger partial charge in [-0.1, -0.05) is 13.8 Å². The molecular formula is C18H24N2O5S. The van der Waals surface area contributed by atoms with Crippen molar-refractivity contribution in [2.75, 3.05) is 18.9 Å². The van der Waals surface area contributed by atoms with Crippen LogP contribution >= 0.6 is 11.8 Å². The van der Waals surface area contributed by atoms with E-state index < -0.39 is 16.8 Å². The lowest BCUT2D eigenvalue weighted by molar-refractivity contribution is -0.387. The Hall–Kier alpha value is -2.09. The summed E-state index contributed by atoms with van der Waals surface area (Å²) in [4.78, 5) is 35.1. The monoisotopic (exact) mass is 380 g/mol. The summed E-state index contributed by atoms with van der Waals surface area (Å²) in [6, 6.07) is 4.38. The van der Waals surface area contributed by atoms with Gasteiger partial charge in [-0.05, 0) is 49.0 Å². The van der Waals surface area contributed by atoms with Crippen LogP contribution in [0.15, 0.2) is 23.1 Å². The van der Waals surface area contributed by atoms with Crippen molar-refractivity contribution in [1.82, 2.24) is 5.32 Å². The molecule has 2 rings (SSSR count). The fourth-order valence-electron chi connectivity index (χ4n) is 2.13. The van der Waals surface area contributed by atoms with Crippen molar-refractivity contribution in [3.63, 3.8) is 0 Å². The van der Waals surface area contributed by atoms with E-state index in [0.29, 0.717) is 23.3 Å². The van der Waals surface area contributed by atoms with E-state index in [-0.39, 0.29) is 17.8 Å². The van der Waals surface area contributed by atoms with Crippen molar-refractivity contribution in [2.24, 2.45) is 11.8 Å². The number of thioether (sulfide) groups is 1. The molecule has 0 unspecified atom stereocenters. The van der Waals surface area contributed by atoms with Gasteiger partial charge in [0, 0.05) is 11.6 Å². The van der Waals surface area contributed by atoms with Gasteiger partial charge in [-0.2, -0.15) is 0 Å². The molecule has 8 heteroatoms. The molecule has 1 N–H and O–H groups in total. The van der Waals surface area contributed by atoms with E-state index >= 15 is 0 Å². The second-order valence-corrected chi connectivity index (χ2v) is 7.92. The zero-order valence-corrected chi connectivity index (χ0v) is 15.8. The molecule has 7 nitrogen and oxygen atoms in total. The molecule has 1 aliphatic carbocycles. The van der Waals surface area contributed by atoms with E-state index in [2.05, 4.69) is 19.2 Å². The molecule has 0 bridgehead atoms. The maximum Gasteiger partial charge on any atom is 0.325 e. The summed E-state index contributed by atoms with van der Waals surface area (Å²) in [5, 5.41) is 13.7. The number of hydrogen-bond donors (Lipinski definition) is 1. The van der Waals surface area contributed by atoms with E-state index in [1.54, 1.807) is 6.07 Å². The van der Waals surface area contributed by atoms with Crippen LogP contribution in [-0.2, 0) is 9.53 Å². The number of carbonyl (C=O) groups excluding carboxylic acids is 2. The average Bonchev–Trinajstić information content (AvgIpc) is 3.42. The molecule has 26 heavy (non-hydrogen) atoms. The van der Waals surface area contributed by atoms with Crippen molar-refractivity contribution >= 4 is 29.3 Å². The molecule has 1 aromatic rings. The molecule has 0 aromatic heterocycles. The van der Waals surface area contributed by atoms with Gasteiger partial charge >= 0.3 is 5.97 Å². The van der Waals surface area contributed by atoms with Crippen LogP contribution in [-0.4, -0.2) is 35.7 Å². The Morgan fingerprint density at radius 1 is 1.38 bits per heavy atom. The van der Waals surface area contributed by atoms with E-state index in [9.17, 15) is 19.7 Å². The van der Waals surface area contributed by atoms with Gasteiger partial charge in [-0.3, -0.25) is 19.7 Å².